The molecule has 0 bridgehead atoms. The molecule has 3 aromatic heterocycles. The van der Waals surface area contributed by atoms with Gasteiger partial charge in [0.1, 0.15) is 5.82 Å². The summed E-state index contributed by atoms with van der Waals surface area (Å²) in [7, 11) is 1.54. The molecule has 7 nitrogen and oxygen atoms in total. The lowest BCUT2D eigenvalue weighted by Gasteiger charge is -2.12. The monoisotopic (exact) mass is 439 g/mol. The number of H-pyrrole nitrogens is 1. The van der Waals surface area contributed by atoms with Crippen LogP contribution < -0.4 is 10.1 Å². The van der Waals surface area contributed by atoms with Crippen molar-refractivity contribution in [2.75, 3.05) is 12.4 Å². The third-order valence-corrected chi connectivity index (χ3v) is 5.15. The largest absolute Gasteiger partial charge is 0.481 e. The molecule has 1 amide bonds. The molecule has 33 heavy (non-hydrogen) atoms. The summed E-state index contributed by atoms with van der Waals surface area (Å²) in [4.78, 5) is 29.2. The summed E-state index contributed by atoms with van der Waals surface area (Å²) in [5.74, 6) is 0.105. The Morgan fingerprint density at radius 3 is 2.48 bits per heavy atom. The van der Waals surface area contributed by atoms with Crippen molar-refractivity contribution in [3.63, 3.8) is 0 Å². The third-order valence-electron chi connectivity index (χ3n) is 5.15. The van der Waals surface area contributed by atoms with Crippen molar-refractivity contribution in [2.45, 2.75) is 0 Å². The molecule has 0 radical (unpaired) electrons. The van der Waals surface area contributed by atoms with Crippen LogP contribution in [0.4, 0.5) is 10.3 Å². The number of fused-ring (bicyclic) bond motifs is 1. The van der Waals surface area contributed by atoms with Crippen LogP contribution in [0, 0.1) is 5.82 Å². The second kappa shape index (κ2) is 8.51. The van der Waals surface area contributed by atoms with E-state index in [1.807, 2.05) is 30.3 Å². The highest BCUT2D eigenvalue weighted by molar-refractivity contribution is 6.05. The van der Waals surface area contributed by atoms with Gasteiger partial charge in [0.05, 0.1) is 29.4 Å². The molecule has 2 aromatic carbocycles. The number of nitrogens with zero attached hydrogens (tertiary/aromatic N) is 3. The summed E-state index contributed by atoms with van der Waals surface area (Å²) >= 11 is 0. The highest BCUT2D eigenvalue weighted by Crippen LogP contribution is 2.32. The maximum Gasteiger partial charge on any atom is 0.259 e. The number of pyridine rings is 2. The van der Waals surface area contributed by atoms with E-state index in [-0.39, 0.29) is 11.7 Å². The van der Waals surface area contributed by atoms with E-state index < -0.39 is 0 Å². The van der Waals surface area contributed by atoms with E-state index in [2.05, 4.69) is 25.3 Å². The molecule has 162 valence electrons. The molecule has 0 unspecified atom stereocenters. The zero-order chi connectivity index (χ0) is 22.8. The van der Waals surface area contributed by atoms with Crippen molar-refractivity contribution in [1.29, 1.82) is 0 Å². The molecule has 2 N–H and O–H groups in total. The first-order valence-corrected chi connectivity index (χ1v) is 10.1. The standard InChI is InChI=1S/C25H18FN5O2/c1-33-22-11-8-16(13-27-22)19-12-17(14-28-23(19)15-6-9-18(26)10-7-15)24(32)31-25-29-20-4-2-3-5-21(20)30-25/h2-14H,1H3,(H2,29,30,31,32). The fourth-order valence-electron chi connectivity index (χ4n) is 3.50. The average molecular weight is 439 g/mol. The van der Waals surface area contributed by atoms with Crippen LogP contribution in [0.3, 0.4) is 0 Å². The number of nitrogens with one attached hydrogen (secondary N) is 2. The Morgan fingerprint density at radius 1 is 0.970 bits per heavy atom. The molecule has 0 atom stereocenters. The van der Waals surface area contributed by atoms with Gasteiger partial charge < -0.3 is 9.72 Å². The fourth-order valence-corrected chi connectivity index (χ4v) is 3.50. The molecule has 5 aromatic rings. The molecular weight excluding hydrogens is 421 g/mol. The van der Waals surface area contributed by atoms with Crippen molar-refractivity contribution >= 4 is 22.9 Å². The topological polar surface area (TPSA) is 92.8 Å². The van der Waals surface area contributed by atoms with Crippen LogP contribution in [0.5, 0.6) is 5.88 Å². The Bertz CT molecular complexity index is 1410. The van der Waals surface area contributed by atoms with Crippen LogP contribution in [-0.2, 0) is 0 Å². The van der Waals surface area contributed by atoms with E-state index in [1.54, 1.807) is 30.5 Å². The van der Waals surface area contributed by atoms with Gasteiger partial charge >= 0.3 is 0 Å². The van der Waals surface area contributed by atoms with Gasteiger partial charge in [-0.25, -0.2) is 14.4 Å². The van der Waals surface area contributed by atoms with Gasteiger partial charge in [-0.3, -0.25) is 15.1 Å². The first-order chi connectivity index (χ1) is 16.1. The van der Waals surface area contributed by atoms with Gasteiger partial charge in [-0.15, -0.1) is 0 Å². The van der Waals surface area contributed by atoms with E-state index in [1.165, 1.54) is 25.4 Å². The first kappa shape index (κ1) is 20.3. The smallest absolute Gasteiger partial charge is 0.259 e. The van der Waals surface area contributed by atoms with Gasteiger partial charge in [-0.2, -0.15) is 0 Å². The van der Waals surface area contributed by atoms with E-state index in [0.29, 0.717) is 34.2 Å². The maximum absolute atomic E-state index is 13.5. The van der Waals surface area contributed by atoms with Gasteiger partial charge in [-0.05, 0) is 48.5 Å². The number of rotatable bonds is 5. The summed E-state index contributed by atoms with van der Waals surface area (Å²) in [6, 6.07) is 18.8. The van der Waals surface area contributed by atoms with E-state index in [0.717, 1.165) is 16.6 Å². The minimum Gasteiger partial charge on any atom is -0.481 e. The number of methoxy groups -OCH3 is 1. The number of carbonyl (C=O) groups is 1. The van der Waals surface area contributed by atoms with Gasteiger partial charge in [0.25, 0.3) is 5.91 Å². The molecule has 3 heterocycles. The van der Waals surface area contributed by atoms with Crippen LogP contribution in [0.25, 0.3) is 33.4 Å². The number of para-hydroxylation sites is 2. The summed E-state index contributed by atoms with van der Waals surface area (Å²) in [6.45, 7) is 0. The second-order valence-corrected chi connectivity index (χ2v) is 7.27. The minimum atomic E-state index is -0.366. The Balaban J connectivity index is 1.53. The second-order valence-electron chi connectivity index (χ2n) is 7.27. The quantitative estimate of drug-likeness (QED) is 0.398. The van der Waals surface area contributed by atoms with Crippen molar-refractivity contribution in [1.82, 2.24) is 19.9 Å². The zero-order valence-electron chi connectivity index (χ0n) is 17.5. The number of hydrogen-bond donors (Lipinski definition) is 2. The molecule has 0 saturated heterocycles. The maximum atomic E-state index is 13.5. The summed E-state index contributed by atoms with van der Waals surface area (Å²) in [6.07, 6.45) is 3.13. The van der Waals surface area contributed by atoms with Crippen LogP contribution in [-0.4, -0.2) is 33.0 Å². The Hall–Kier alpha value is -4.59. The third kappa shape index (κ3) is 4.14. The highest BCUT2D eigenvalue weighted by Gasteiger charge is 2.16. The van der Waals surface area contributed by atoms with Crippen LogP contribution >= 0.6 is 0 Å². The molecule has 0 fully saturated rings. The fraction of sp³-hybridized carbons (Fsp3) is 0.0400. The average Bonchev–Trinajstić information content (AvgIpc) is 3.26. The Labute approximate surface area is 188 Å². The van der Waals surface area contributed by atoms with Crippen molar-refractivity contribution in [3.8, 4) is 28.3 Å². The van der Waals surface area contributed by atoms with Crippen LogP contribution in [0.1, 0.15) is 10.4 Å². The predicted octanol–water partition coefficient (Wildman–Crippen LogP) is 5.09. The number of anilines is 1. The van der Waals surface area contributed by atoms with Crippen molar-refractivity contribution in [2.24, 2.45) is 0 Å². The Morgan fingerprint density at radius 2 is 1.76 bits per heavy atom. The number of amides is 1. The summed E-state index contributed by atoms with van der Waals surface area (Å²) < 4.78 is 18.6. The number of benzene rings is 2. The molecule has 0 aliphatic heterocycles. The Kier molecular flexibility index (Phi) is 5.24. The van der Waals surface area contributed by atoms with E-state index in [9.17, 15) is 9.18 Å². The van der Waals surface area contributed by atoms with Crippen LogP contribution in [0.15, 0.2) is 79.1 Å². The number of aromatic nitrogens is 4. The lowest BCUT2D eigenvalue weighted by atomic mass is 9.99. The normalized spacial score (nSPS) is 10.8. The van der Waals surface area contributed by atoms with Gasteiger partial charge in [0.15, 0.2) is 0 Å². The van der Waals surface area contributed by atoms with Crippen molar-refractivity contribution < 1.29 is 13.9 Å². The molecule has 5 rings (SSSR count). The molecular formula is C25H18FN5O2. The number of carbonyl (C=O) groups excluding carboxylic acids is 1. The molecule has 0 aliphatic rings. The molecule has 0 saturated carbocycles. The first-order valence-electron chi connectivity index (χ1n) is 10.1. The zero-order valence-corrected chi connectivity index (χ0v) is 17.5. The lowest BCUT2D eigenvalue weighted by molar-refractivity contribution is 0.102. The minimum absolute atomic E-state index is 0.340. The van der Waals surface area contributed by atoms with Gasteiger partial charge in [0.2, 0.25) is 11.8 Å². The van der Waals surface area contributed by atoms with Gasteiger partial charge in [0, 0.05) is 35.2 Å². The van der Waals surface area contributed by atoms with Crippen LogP contribution in [0.2, 0.25) is 0 Å². The molecule has 8 heteroatoms. The van der Waals surface area contributed by atoms with Crippen molar-refractivity contribution in [3.05, 3.63) is 90.5 Å². The number of aromatic amines is 1. The summed E-state index contributed by atoms with van der Waals surface area (Å²) in [5.41, 5.74) is 4.64. The number of hydrogen-bond acceptors (Lipinski definition) is 5. The number of halogens is 1. The highest BCUT2D eigenvalue weighted by atomic mass is 19.1. The summed E-state index contributed by atoms with van der Waals surface area (Å²) in [5, 5.41) is 2.78. The molecule has 0 aliphatic carbocycles. The van der Waals surface area contributed by atoms with E-state index in [4.69, 9.17) is 4.74 Å². The molecule has 0 spiro atoms. The lowest BCUT2D eigenvalue weighted by Crippen LogP contribution is -2.13. The number of ether oxygens (including phenoxy) is 1. The SMILES string of the molecule is COc1ccc(-c2cc(C(=O)Nc3nc4ccccc4[nH]3)cnc2-c2ccc(F)cc2)cn1. The number of imidazole rings is 1. The van der Waals surface area contributed by atoms with E-state index >= 15 is 0 Å². The predicted molar refractivity (Wildman–Crippen MR) is 123 cm³/mol. The van der Waals surface area contributed by atoms with Gasteiger partial charge in [-0.1, -0.05) is 12.1 Å².